The van der Waals surface area contributed by atoms with Crippen LogP contribution < -0.4 is 4.90 Å². The average Bonchev–Trinajstić information content (AvgIpc) is 2.62. The van der Waals surface area contributed by atoms with E-state index in [1.54, 1.807) is 0 Å². The minimum absolute atomic E-state index is 0.346. The van der Waals surface area contributed by atoms with E-state index in [1.165, 1.54) is 11.3 Å². The van der Waals surface area contributed by atoms with Gasteiger partial charge in [0.15, 0.2) is 6.29 Å². The molecule has 1 aliphatic rings. The Morgan fingerprint density at radius 3 is 3.20 bits per heavy atom. The van der Waals surface area contributed by atoms with Crippen LogP contribution in [0.2, 0.25) is 0 Å². The number of carbonyl (C=O) groups excluding carboxylic acids is 1. The molecule has 1 unspecified atom stereocenters. The number of thiophene rings is 1. The molecule has 0 N–H and O–H groups in total. The van der Waals surface area contributed by atoms with Gasteiger partial charge in [0, 0.05) is 24.2 Å². The van der Waals surface area contributed by atoms with E-state index in [4.69, 9.17) is 4.74 Å². The van der Waals surface area contributed by atoms with Gasteiger partial charge < -0.3 is 9.64 Å². The number of ether oxygens (including phenoxy) is 1. The fourth-order valence-corrected chi connectivity index (χ4v) is 2.44. The summed E-state index contributed by atoms with van der Waals surface area (Å²) in [5, 5.41) is 2.04. The molecule has 0 radical (unpaired) electrons. The third kappa shape index (κ3) is 2.58. The van der Waals surface area contributed by atoms with Crippen LogP contribution in [-0.4, -0.2) is 32.1 Å². The first-order chi connectivity index (χ1) is 7.29. The molecule has 1 aliphatic heterocycles. The predicted molar refractivity (Wildman–Crippen MR) is 62.0 cm³/mol. The first kappa shape index (κ1) is 10.6. The third-order valence-corrected chi connectivity index (χ3v) is 3.50. The summed E-state index contributed by atoms with van der Waals surface area (Å²) in [6, 6.07) is 1.95. The van der Waals surface area contributed by atoms with Gasteiger partial charge in [0.1, 0.15) is 0 Å². The molecule has 15 heavy (non-hydrogen) atoms. The van der Waals surface area contributed by atoms with Crippen molar-refractivity contribution in [2.45, 2.75) is 19.4 Å². The summed E-state index contributed by atoms with van der Waals surface area (Å²) < 4.78 is 5.58. The summed E-state index contributed by atoms with van der Waals surface area (Å²) in [4.78, 5) is 13.7. The Balaban J connectivity index is 2.06. The Kier molecular flexibility index (Phi) is 3.38. The van der Waals surface area contributed by atoms with E-state index < -0.39 is 0 Å². The molecule has 1 saturated heterocycles. The standard InChI is InChI=1S/C11H15NO2S/c1-9-2-3-12(4-5-14-9)10-6-11(7-13)15-8-10/h6-9H,2-5H2,1H3. The van der Waals surface area contributed by atoms with E-state index >= 15 is 0 Å². The van der Waals surface area contributed by atoms with Crippen LogP contribution in [0.4, 0.5) is 5.69 Å². The number of carbonyl (C=O) groups is 1. The summed E-state index contributed by atoms with van der Waals surface area (Å²) in [5.41, 5.74) is 1.15. The minimum Gasteiger partial charge on any atom is -0.377 e. The lowest BCUT2D eigenvalue weighted by atomic mass is 10.2. The van der Waals surface area contributed by atoms with Crippen LogP contribution in [0.25, 0.3) is 0 Å². The molecule has 1 aromatic rings. The molecule has 1 fully saturated rings. The van der Waals surface area contributed by atoms with Crippen molar-refractivity contribution in [2.75, 3.05) is 24.6 Å². The largest absolute Gasteiger partial charge is 0.377 e. The van der Waals surface area contributed by atoms with Gasteiger partial charge in [0.2, 0.25) is 0 Å². The molecule has 4 heteroatoms. The highest BCUT2D eigenvalue weighted by atomic mass is 32.1. The van der Waals surface area contributed by atoms with Gasteiger partial charge in [-0.05, 0) is 19.4 Å². The van der Waals surface area contributed by atoms with Crippen molar-refractivity contribution in [1.82, 2.24) is 0 Å². The SMILES string of the molecule is CC1CCN(c2csc(C=O)c2)CCO1. The van der Waals surface area contributed by atoms with Gasteiger partial charge in [0.25, 0.3) is 0 Å². The summed E-state index contributed by atoms with van der Waals surface area (Å²) in [6.07, 6.45) is 2.30. The summed E-state index contributed by atoms with van der Waals surface area (Å²) in [5.74, 6) is 0. The summed E-state index contributed by atoms with van der Waals surface area (Å²) in [7, 11) is 0. The van der Waals surface area contributed by atoms with Crippen LogP contribution in [0.15, 0.2) is 11.4 Å². The molecular formula is C11H15NO2S. The normalized spacial score (nSPS) is 22.5. The highest BCUT2D eigenvalue weighted by Gasteiger charge is 2.15. The lowest BCUT2D eigenvalue weighted by Crippen LogP contribution is -2.25. The Bertz CT molecular complexity index is 337. The Hall–Kier alpha value is -0.870. The van der Waals surface area contributed by atoms with Crippen molar-refractivity contribution in [2.24, 2.45) is 0 Å². The molecule has 0 aromatic carbocycles. The van der Waals surface area contributed by atoms with Crippen LogP contribution in [-0.2, 0) is 4.74 Å². The maximum absolute atomic E-state index is 10.6. The highest BCUT2D eigenvalue weighted by Crippen LogP contribution is 2.23. The fraction of sp³-hybridized carbons (Fsp3) is 0.545. The Labute approximate surface area is 93.7 Å². The summed E-state index contributed by atoms with van der Waals surface area (Å²) >= 11 is 1.50. The smallest absolute Gasteiger partial charge is 0.160 e. The van der Waals surface area contributed by atoms with E-state index in [2.05, 4.69) is 11.8 Å². The van der Waals surface area contributed by atoms with Crippen molar-refractivity contribution < 1.29 is 9.53 Å². The van der Waals surface area contributed by atoms with E-state index in [0.717, 1.165) is 43.0 Å². The third-order valence-electron chi connectivity index (χ3n) is 2.66. The quantitative estimate of drug-likeness (QED) is 0.722. The Morgan fingerprint density at radius 2 is 2.47 bits per heavy atom. The van der Waals surface area contributed by atoms with Gasteiger partial charge >= 0.3 is 0 Å². The average molecular weight is 225 g/mol. The van der Waals surface area contributed by atoms with Crippen molar-refractivity contribution >= 4 is 23.3 Å². The molecule has 3 nitrogen and oxygen atoms in total. The van der Waals surface area contributed by atoms with Crippen molar-refractivity contribution in [3.63, 3.8) is 0 Å². The number of anilines is 1. The van der Waals surface area contributed by atoms with Crippen LogP contribution in [0, 0.1) is 0 Å². The van der Waals surface area contributed by atoms with E-state index in [-0.39, 0.29) is 0 Å². The van der Waals surface area contributed by atoms with E-state index in [9.17, 15) is 4.79 Å². The van der Waals surface area contributed by atoms with Gasteiger partial charge in [-0.1, -0.05) is 0 Å². The fourth-order valence-electron chi connectivity index (χ4n) is 1.72. The predicted octanol–water partition coefficient (Wildman–Crippen LogP) is 2.18. The zero-order valence-corrected chi connectivity index (χ0v) is 9.63. The number of aldehydes is 1. The lowest BCUT2D eigenvalue weighted by Gasteiger charge is -2.19. The van der Waals surface area contributed by atoms with Gasteiger partial charge in [-0.3, -0.25) is 4.79 Å². The number of rotatable bonds is 2. The van der Waals surface area contributed by atoms with Crippen LogP contribution in [0.1, 0.15) is 23.0 Å². The number of hydrogen-bond donors (Lipinski definition) is 0. The second-order valence-corrected chi connectivity index (χ2v) is 4.73. The monoisotopic (exact) mass is 225 g/mol. The first-order valence-electron chi connectivity index (χ1n) is 5.20. The molecule has 0 saturated carbocycles. The molecule has 1 aromatic heterocycles. The minimum atomic E-state index is 0.346. The van der Waals surface area contributed by atoms with Crippen molar-refractivity contribution in [1.29, 1.82) is 0 Å². The molecule has 0 amide bonds. The zero-order chi connectivity index (χ0) is 10.7. The van der Waals surface area contributed by atoms with Crippen LogP contribution >= 0.6 is 11.3 Å². The molecule has 82 valence electrons. The molecule has 2 heterocycles. The lowest BCUT2D eigenvalue weighted by molar-refractivity contribution is 0.0787. The van der Waals surface area contributed by atoms with Crippen LogP contribution in [0.3, 0.4) is 0 Å². The van der Waals surface area contributed by atoms with Crippen molar-refractivity contribution in [3.05, 3.63) is 16.3 Å². The Morgan fingerprint density at radius 1 is 1.60 bits per heavy atom. The molecule has 0 bridgehead atoms. The maximum atomic E-state index is 10.6. The maximum Gasteiger partial charge on any atom is 0.160 e. The topological polar surface area (TPSA) is 29.5 Å². The number of hydrogen-bond acceptors (Lipinski definition) is 4. The van der Waals surface area contributed by atoms with Gasteiger partial charge in [0.05, 0.1) is 17.6 Å². The van der Waals surface area contributed by atoms with E-state index in [1.807, 2.05) is 11.4 Å². The molecule has 1 atom stereocenters. The highest BCUT2D eigenvalue weighted by molar-refractivity contribution is 7.12. The van der Waals surface area contributed by atoms with E-state index in [0.29, 0.717) is 6.10 Å². The van der Waals surface area contributed by atoms with Gasteiger partial charge in [-0.2, -0.15) is 0 Å². The molecule has 2 rings (SSSR count). The molecule has 0 aliphatic carbocycles. The summed E-state index contributed by atoms with van der Waals surface area (Å²) in [6.45, 7) is 4.80. The second-order valence-electron chi connectivity index (χ2n) is 3.78. The van der Waals surface area contributed by atoms with Gasteiger partial charge in [-0.25, -0.2) is 0 Å². The molecular weight excluding hydrogens is 210 g/mol. The second kappa shape index (κ2) is 4.77. The molecule has 0 spiro atoms. The number of nitrogens with zero attached hydrogens (tertiary/aromatic N) is 1. The zero-order valence-electron chi connectivity index (χ0n) is 8.81. The first-order valence-corrected chi connectivity index (χ1v) is 6.08. The van der Waals surface area contributed by atoms with Crippen LogP contribution in [0.5, 0.6) is 0 Å². The van der Waals surface area contributed by atoms with Crippen molar-refractivity contribution in [3.8, 4) is 0 Å². The van der Waals surface area contributed by atoms with Gasteiger partial charge in [-0.15, -0.1) is 11.3 Å².